The number of carbonyl (C=O) groups is 1. The highest BCUT2D eigenvalue weighted by Crippen LogP contribution is 2.22. The quantitative estimate of drug-likeness (QED) is 0.618. The Labute approximate surface area is 141 Å². The van der Waals surface area contributed by atoms with Crippen molar-refractivity contribution in [2.75, 3.05) is 14.1 Å². The normalized spacial score (nSPS) is 22.5. The van der Waals surface area contributed by atoms with Crippen molar-refractivity contribution >= 4 is 11.9 Å². The molecule has 2 N–H and O–H groups in total. The molecule has 0 radical (unpaired) electrons. The smallest absolute Gasteiger partial charge is 0.242 e. The monoisotopic (exact) mass is 322 g/mol. The Morgan fingerprint density at radius 3 is 2.17 bits per heavy atom. The van der Waals surface area contributed by atoms with Crippen LogP contribution in [0.4, 0.5) is 0 Å². The lowest BCUT2D eigenvalue weighted by Gasteiger charge is -2.33. The number of amides is 1. The summed E-state index contributed by atoms with van der Waals surface area (Å²) in [6.45, 7) is 1.94. The van der Waals surface area contributed by atoms with Crippen LogP contribution in [0.5, 0.6) is 0 Å². The van der Waals surface area contributed by atoms with E-state index in [1.807, 2.05) is 18.9 Å². The van der Waals surface area contributed by atoms with E-state index in [9.17, 15) is 4.79 Å². The predicted molar refractivity (Wildman–Crippen MR) is 95.6 cm³/mol. The molecule has 0 aromatic carbocycles. The van der Waals surface area contributed by atoms with E-state index >= 15 is 0 Å². The van der Waals surface area contributed by atoms with Crippen LogP contribution in [0.15, 0.2) is 4.99 Å². The van der Waals surface area contributed by atoms with Crippen LogP contribution >= 0.6 is 0 Å². The number of rotatable bonds is 4. The van der Waals surface area contributed by atoms with Crippen molar-refractivity contribution in [1.82, 2.24) is 15.5 Å². The van der Waals surface area contributed by atoms with E-state index < -0.39 is 0 Å². The van der Waals surface area contributed by atoms with Gasteiger partial charge in [-0.2, -0.15) is 0 Å². The number of hydrogen-bond donors (Lipinski definition) is 2. The molecule has 2 rings (SSSR count). The number of carbonyl (C=O) groups excluding carboxylic acids is 1. The zero-order valence-electron chi connectivity index (χ0n) is 15.1. The molecule has 2 saturated carbocycles. The average Bonchev–Trinajstić information content (AvgIpc) is 2.61. The van der Waals surface area contributed by atoms with Gasteiger partial charge in [-0.1, -0.05) is 38.5 Å². The molecule has 0 spiro atoms. The summed E-state index contributed by atoms with van der Waals surface area (Å²) in [6.07, 6.45) is 12.6. The highest BCUT2D eigenvalue weighted by molar-refractivity contribution is 5.88. The highest BCUT2D eigenvalue weighted by atomic mass is 16.2. The van der Waals surface area contributed by atoms with Crippen LogP contribution in [0.3, 0.4) is 0 Å². The largest absolute Gasteiger partial charge is 0.357 e. The SMILES string of the molecule is CNC(=O)[C@H](C)N(C)C(=NC1CCCCC1)NC1CCCCC1. The van der Waals surface area contributed by atoms with E-state index in [1.165, 1.54) is 64.2 Å². The van der Waals surface area contributed by atoms with Crippen molar-refractivity contribution in [3.63, 3.8) is 0 Å². The first-order valence-corrected chi connectivity index (χ1v) is 9.40. The molecule has 2 aliphatic carbocycles. The maximum atomic E-state index is 12.0. The van der Waals surface area contributed by atoms with Gasteiger partial charge >= 0.3 is 0 Å². The number of nitrogens with zero attached hydrogens (tertiary/aromatic N) is 2. The van der Waals surface area contributed by atoms with Gasteiger partial charge in [0.15, 0.2) is 5.96 Å². The van der Waals surface area contributed by atoms with E-state index in [0.29, 0.717) is 12.1 Å². The fourth-order valence-corrected chi connectivity index (χ4v) is 3.61. The molecule has 5 nitrogen and oxygen atoms in total. The zero-order valence-corrected chi connectivity index (χ0v) is 15.1. The molecule has 23 heavy (non-hydrogen) atoms. The van der Waals surface area contributed by atoms with Gasteiger partial charge in [0.05, 0.1) is 6.04 Å². The molecule has 0 unspecified atom stereocenters. The Morgan fingerprint density at radius 2 is 1.61 bits per heavy atom. The summed E-state index contributed by atoms with van der Waals surface area (Å²) in [4.78, 5) is 19.0. The Balaban J connectivity index is 2.08. The lowest BCUT2D eigenvalue weighted by atomic mass is 9.95. The third kappa shape index (κ3) is 5.40. The Morgan fingerprint density at radius 1 is 1.04 bits per heavy atom. The summed E-state index contributed by atoms with van der Waals surface area (Å²) < 4.78 is 0. The average molecular weight is 322 g/mol. The van der Waals surface area contributed by atoms with Gasteiger partial charge in [0.1, 0.15) is 6.04 Å². The number of nitrogens with one attached hydrogen (secondary N) is 2. The van der Waals surface area contributed by atoms with E-state index in [1.54, 1.807) is 7.05 Å². The molecule has 0 heterocycles. The standard InChI is InChI=1S/C18H34N4O/c1-14(17(23)19-2)22(3)18(20-15-10-6-4-7-11-15)21-16-12-8-5-9-13-16/h14-16H,4-13H2,1-3H3,(H,19,23)(H,20,21)/t14-/m0/s1. The minimum atomic E-state index is -0.210. The maximum Gasteiger partial charge on any atom is 0.242 e. The minimum absolute atomic E-state index is 0.0364. The fraction of sp³-hybridized carbons (Fsp3) is 0.889. The minimum Gasteiger partial charge on any atom is -0.357 e. The van der Waals surface area contributed by atoms with Gasteiger partial charge in [-0.25, -0.2) is 4.99 Å². The molecule has 0 bridgehead atoms. The molecule has 5 heteroatoms. The van der Waals surface area contributed by atoms with Gasteiger partial charge in [0, 0.05) is 20.1 Å². The Bertz CT molecular complexity index is 398. The first kappa shape index (κ1) is 18.1. The third-order valence-electron chi connectivity index (χ3n) is 5.36. The van der Waals surface area contributed by atoms with E-state index in [4.69, 9.17) is 4.99 Å². The molecular weight excluding hydrogens is 288 g/mol. The van der Waals surface area contributed by atoms with Crippen LogP contribution in [0.1, 0.15) is 71.1 Å². The van der Waals surface area contributed by atoms with Crippen molar-refractivity contribution in [3.05, 3.63) is 0 Å². The van der Waals surface area contributed by atoms with Gasteiger partial charge in [0.2, 0.25) is 5.91 Å². The van der Waals surface area contributed by atoms with Gasteiger partial charge in [0.25, 0.3) is 0 Å². The third-order valence-corrected chi connectivity index (χ3v) is 5.36. The van der Waals surface area contributed by atoms with E-state index in [0.717, 1.165) is 5.96 Å². The van der Waals surface area contributed by atoms with Crippen LogP contribution < -0.4 is 10.6 Å². The summed E-state index contributed by atoms with van der Waals surface area (Å²) in [7, 11) is 3.68. The number of hydrogen-bond acceptors (Lipinski definition) is 2. The first-order chi connectivity index (χ1) is 11.1. The van der Waals surface area contributed by atoms with Gasteiger partial charge in [-0.3, -0.25) is 4.79 Å². The maximum absolute atomic E-state index is 12.0. The van der Waals surface area contributed by atoms with Crippen molar-refractivity contribution in [2.24, 2.45) is 4.99 Å². The van der Waals surface area contributed by atoms with E-state index in [2.05, 4.69) is 10.6 Å². The Hall–Kier alpha value is -1.26. The summed E-state index contributed by atoms with van der Waals surface area (Å²) in [5.74, 6) is 0.953. The molecule has 0 aromatic heterocycles. The molecule has 0 aromatic rings. The van der Waals surface area contributed by atoms with Crippen molar-refractivity contribution < 1.29 is 4.79 Å². The van der Waals surface area contributed by atoms with Crippen LogP contribution in [-0.4, -0.2) is 49.0 Å². The second-order valence-corrected chi connectivity index (χ2v) is 7.12. The lowest BCUT2D eigenvalue weighted by molar-refractivity contribution is -0.123. The van der Waals surface area contributed by atoms with Gasteiger partial charge in [-0.05, 0) is 32.6 Å². The topological polar surface area (TPSA) is 56.7 Å². The summed E-state index contributed by atoms with van der Waals surface area (Å²) in [6, 6.07) is 0.707. The Kier molecular flexibility index (Phi) is 7.18. The van der Waals surface area contributed by atoms with Crippen LogP contribution in [0, 0.1) is 0 Å². The van der Waals surface area contributed by atoms with Crippen LogP contribution in [-0.2, 0) is 4.79 Å². The number of likely N-dealkylation sites (N-methyl/N-ethyl adjacent to an activating group) is 2. The van der Waals surface area contributed by atoms with Crippen LogP contribution in [0.2, 0.25) is 0 Å². The first-order valence-electron chi connectivity index (χ1n) is 9.40. The van der Waals surface area contributed by atoms with Crippen LogP contribution in [0.25, 0.3) is 0 Å². The molecule has 2 fully saturated rings. The van der Waals surface area contributed by atoms with E-state index in [-0.39, 0.29) is 11.9 Å². The molecule has 1 amide bonds. The summed E-state index contributed by atoms with van der Waals surface area (Å²) >= 11 is 0. The molecule has 1 atom stereocenters. The zero-order chi connectivity index (χ0) is 16.7. The molecule has 0 aliphatic heterocycles. The van der Waals surface area contributed by atoms with Crippen molar-refractivity contribution in [3.8, 4) is 0 Å². The highest BCUT2D eigenvalue weighted by Gasteiger charge is 2.24. The summed E-state index contributed by atoms with van der Waals surface area (Å²) in [5.41, 5.74) is 0. The van der Waals surface area contributed by atoms with Crippen molar-refractivity contribution in [2.45, 2.75) is 89.3 Å². The predicted octanol–water partition coefficient (Wildman–Crippen LogP) is 2.66. The lowest BCUT2D eigenvalue weighted by Crippen LogP contribution is -2.52. The molecule has 132 valence electrons. The fourth-order valence-electron chi connectivity index (χ4n) is 3.61. The van der Waals surface area contributed by atoms with Gasteiger partial charge < -0.3 is 15.5 Å². The molecular formula is C18H34N4O. The molecule has 2 aliphatic rings. The van der Waals surface area contributed by atoms with Gasteiger partial charge in [-0.15, -0.1) is 0 Å². The second-order valence-electron chi connectivity index (χ2n) is 7.12. The number of guanidine groups is 1. The summed E-state index contributed by atoms with van der Waals surface area (Å²) in [5, 5.41) is 6.40. The second kappa shape index (κ2) is 9.14. The number of aliphatic imine (C=N–C) groups is 1. The van der Waals surface area contributed by atoms with Crippen molar-refractivity contribution in [1.29, 1.82) is 0 Å². The molecule has 0 saturated heterocycles.